The summed E-state index contributed by atoms with van der Waals surface area (Å²) in [6.45, 7) is 1.77. The van der Waals surface area contributed by atoms with Crippen LogP contribution in [0.5, 0.6) is 0 Å². The molecule has 5 nitrogen and oxygen atoms in total. The minimum Gasteiger partial charge on any atom is -0.352 e. The number of hydrogen-bond acceptors (Lipinski definition) is 3. The number of carbonyl (C=O) groups excluding carboxylic acids is 1. The van der Waals surface area contributed by atoms with Gasteiger partial charge in [-0.3, -0.25) is 4.79 Å². The number of fused-ring (bicyclic) bond motifs is 2. The molecule has 3 rings (SSSR count). The van der Waals surface area contributed by atoms with Gasteiger partial charge in [0, 0.05) is 13.1 Å². The van der Waals surface area contributed by atoms with Gasteiger partial charge in [0.25, 0.3) is 0 Å². The number of sulfonamides is 1. The number of benzene rings is 1. The van der Waals surface area contributed by atoms with Crippen LogP contribution in [0.15, 0.2) is 29.2 Å². The molecule has 1 amide bonds. The molecule has 4 atom stereocenters. The van der Waals surface area contributed by atoms with Crippen molar-refractivity contribution >= 4 is 15.9 Å². The first kappa shape index (κ1) is 18.3. The Balaban J connectivity index is 1.57. The van der Waals surface area contributed by atoms with E-state index in [-0.39, 0.29) is 23.4 Å². The number of hydrogen-bond donors (Lipinski definition) is 1. The van der Waals surface area contributed by atoms with Gasteiger partial charge in [-0.2, -0.15) is 4.31 Å². The monoisotopic (exact) mass is 368 g/mol. The van der Waals surface area contributed by atoms with Crippen LogP contribution in [0.2, 0.25) is 0 Å². The van der Waals surface area contributed by atoms with Crippen LogP contribution in [0, 0.1) is 23.6 Å². The van der Waals surface area contributed by atoms with E-state index in [4.69, 9.17) is 0 Å². The first-order chi connectivity index (χ1) is 11.8. The molecule has 1 aromatic carbocycles. The molecule has 2 bridgehead atoms. The van der Waals surface area contributed by atoms with Gasteiger partial charge in [-0.1, -0.05) is 6.42 Å². The van der Waals surface area contributed by atoms with Crippen LogP contribution in [-0.2, 0) is 14.8 Å². The zero-order chi connectivity index (χ0) is 18.2. The van der Waals surface area contributed by atoms with Crippen LogP contribution in [-0.4, -0.2) is 38.3 Å². The number of nitrogens with one attached hydrogen (secondary N) is 1. The van der Waals surface area contributed by atoms with Crippen LogP contribution >= 0.6 is 0 Å². The Morgan fingerprint density at radius 2 is 1.96 bits per heavy atom. The van der Waals surface area contributed by atoms with Gasteiger partial charge in [-0.25, -0.2) is 12.8 Å². The lowest BCUT2D eigenvalue weighted by Crippen LogP contribution is -2.45. The first-order valence-electron chi connectivity index (χ1n) is 8.78. The molecule has 0 aliphatic heterocycles. The van der Waals surface area contributed by atoms with Gasteiger partial charge in [0.1, 0.15) is 5.82 Å². The van der Waals surface area contributed by atoms with Crippen molar-refractivity contribution in [1.82, 2.24) is 9.62 Å². The maximum atomic E-state index is 13.0. The molecule has 0 unspecified atom stereocenters. The zero-order valence-electron chi connectivity index (χ0n) is 14.6. The van der Waals surface area contributed by atoms with Crippen molar-refractivity contribution in [2.45, 2.75) is 43.5 Å². The van der Waals surface area contributed by atoms with E-state index in [1.54, 1.807) is 0 Å². The van der Waals surface area contributed by atoms with Crippen molar-refractivity contribution < 1.29 is 17.6 Å². The van der Waals surface area contributed by atoms with Crippen molar-refractivity contribution in [1.29, 1.82) is 0 Å². The summed E-state index contributed by atoms with van der Waals surface area (Å²) in [6.07, 6.45) is 4.98. The fraction of sp³-hybridized carbons (Fsp3) is 0.611. The van der Waals surface area contributed by atoms with E-state index in [0.717, 1.165) is 28.8 Å². The number of rotatable bonds is 6. The lowest BCUT2D eigenvalue weighted by atomic mass is 9.84. The second kappa shape index (κ2) is 7.03. The van der Waals surface area contributed by atoms with E-state index < -0.39 is 15.8 Å². The van der Waals surface area contributed by atoms with Gasteiger partial charge in [0.05, 0.1) is 11.4 Å². The molecule has 0 spiro atoms. The second-order valence-electron chi connectivity index (χ2n) is 7.41. The highest BCUT2D eigenvalue weighted by atomic mass is 32.2. The molecule has 0 radical (unpaired) electrons. The van der Waals surface area contributed by atoms with E-state index in [0.29, 0.717) is 11.8 Å². The van der Waals surface area contributed by atoms with Gasteiger partial charge in [-0.15, -0.1) is 0 Å². The summed E-state index contributed by atoms with van der Waals surface area (Å²) < 4.78 is 38.9. The zero-order valence-corrected chi connectivity index (χ0v) is 15.4. The highest BCUT2D eigenvalue weighted by Gasteiger charge is 2.42. The number of halogens is 1. The predicted molar refractivity (Wildman–Crippen MR) is 92.8 cm³/mol. The Morgan fingerprint density at radius 3 is 2.52 bits per heavy atom. The molecule has 0 heterocycles. The van der Waals surface area contributed by atoms with Crippen LogP contribution in [0.4, 0.5) is 4.39 Å². The minimum atomic E-state index is -3.81. The maximum absolute atomic E-state index is 13.0. The highest BCUT2D eigenvalue weighted by Crippen LogP contribution is 2.49. The molecule has 2 fully saturated rings. The van der Waals surface area contributed by atoms with Gasteiger partial charge in [0.2, 0.25) is 15.9 Å². The van der Waals surface area contributed by atoms with Crippen molar-refractivity contribution in [3.8, 4) is 0 Å². The summed E-state index contributed by atoms with van der Waals surface area (Å²) in [7, 11) is -2.45. The summed E-state index contributed by atoms with van der Waals surface area (Å²) in [5.41, 5.74) is 0. The molecule has 2 aliphatic rings. The maximum Gasteiger partial charge on any atom is 0.243 e. The smallest absolute Gasteiger partial charge is 0.243 e. The Bertz CT molecular complexity index is 735. The van der Waals surface area contributed by atoms with E-state index in [1.807, 2.05) is 6.92 Å². The third-order valence-electron chi connectivity index (χ3n) is 5.71. The predicted octanol–water partition coefficient (Wildman–Crippen LogP) is 2.39. The number of carbonyl (C=O) groups is 1. The third-order valence-corrected chi connectivity index (χ3v) is 7.53. The summed E-state index contributed by atoms with van der Waals surface area (Å²) in [6, 6.07) is 4.66. The van der Waals surface area contributed by atoms with Gasteiger partial charge in [-0.05, 0) is 68.2 Å². The molecule has 138 valence electrons. The van der Waals surface area contributed by atoms with Crippen LogP contribution in [0.3, 0.4) is 0 Å². The molecule has 7 heteroatoms. The fourth-order valence-electron chi connectivity index (χ4n) is 4.39. The van der Waals surface area contributed by atoms with Gasteiger partial charge >= 0.3 is 0 Å². The molecule has 0 saturated heterocycles. The Hall–Kier alpha value is -1.47. The fourth-order valence-corrected chi connectivity index (χ4v) is 5.51. The second-order valence-corrected chi connectivity index (χ2v) is 9.45. The molecule has 0 aromatic heterocycles. The summed E-state index contributed by atoms with van der Waals surface area (Å²) in [4.78, 5) is 12.3. The lowest BCUT2D eigenvalue weighted by Gasteiger charge is -2.29. The van der Waals surface area contributed by atoms with Crippen LogP contribution in [0.1, 0.15) is 32.6 Å². The van der Waals surface area contributed by atoms with Crippen LogP contribution in [0.25, 0.3) is 0 Å². The Morgan fingerprint density at radius 1 is 1.28 bits per heavy atom. The molecular weight excluding hydrogens is 343 g/mol. The van der Waals surface area contributed by atoms with Crippen molar-refractivity contribution in [2.75, 3.05) is 13.6 Å². The van der Waals surface area contributed by atoms with Gasteiger partial charge < -0.3 is 5.32 Å². The van der Waals surface area contributed by atoms with E-state index in [2.05, 4.69) is 5.32 Å². The topological polar surface area (TPSA) is 66.5 Å². The quantitative estimate of drug-likeness (QED) is 0.838. The van der Waals surface area contributed by atoms with Gasteiger partial charge in [0.15, 0.2) is 0 Å². The SMILES string of the molecule is C[C@H](NC(=O)CN(C)S(=O)(=O)c1ccc(F)cc1)[C@H]1C[C@@H]2CC[C@H]1C2. The summed E-state index contributed by atoms with van der Waals surface area (Å²) in [5.74, 6) is 1.20. The Labute approximate surface area is 148 Å². The Kier molecular flexibility index (Phi) is 5.16. The average molecular weight is 368 g/mol. The van der Waals surface area contributed by atoms with E-state index >= 15 is 0 Å². The van der Waals surface area contributed by atoms with Crippen molar-refractivity contribution in [2.24, 2.45) is 17.8 Å². The minimum absolute atomic E-state index is 0.0228. The average Bonchev–Trinajstić information content (AvgIpc) is 3.18. The normalized spacial score (nSPS) is 26.8. The molecule has 2 aliphatic carbocycles. The van der Waals surface area contributed by atoms with Crippen LogP contribution < -0.4 is 5.32 Å². The largest absolute Gasteiger partial charge is 0.352 e. The molecule has 1 aromatic rings. The number of amides is 1. The molecule has 1 N–H and O–H groups in total. The third kappa shape index (κ3) is 3.87. The summed E-state index contributed by atoms with van der Waals surface area (Å²) >= 11 is 0. The summed E-state index contributed by atoms with van der Waals surface area (Å²) in [5, 5.41) is 2.97. The molecular formula is C18H25FN2O3S. The highest BCUT2D eigenvalue weighted by molar-refractivity contribution is 7.89. The first-order valence-corrected chi connectivity index (χ1v) is 10.2. The number of nitrogens with zero attached hydrogens (tertiary/aromatic N) is 1. The van der Waals surface area contributed by atoms with Crippen molar-refractivity contribution in [3.05, 3.63) is 30.1 Å². The standard InChI is InChI=1S/C18H25FN2O3S/c1-12(17-10-13-3-4-14(17)9-13)20-18(22)11-21(2)25(23,24)16-7-5-15(19)6-8-16/h5-8,12-14,17H,3-4,9-11H2,1-2H3,(H,20,22)/t12-,13+,14-,17+/m0/s1. The van der Waals surface area contributed by atoms with Crippen molar-refractivity contribution in [3.63, 3.8) is 0 Å². The lowest BCUT2D eigenvalue weighted by molar-refractivity contribution is -0.122. The van der Waals surface area contributed by atoms with E-state index in [9.17, 15) is 17.6 Å². The van der Waals surface area contributed by atoms with E-state index in [1.165, 1.54) is 38.4 Å². The number of likely N-dealkylation sites (N-methyl/N-ethyl adjacent to an activating group) is 1. The molecule has 2 saturated carbocycles. The molecule has 25 heavy (non-hydrogen) atoms.